The monoisotopic (exact) mass is 274 g/mol. The second-order valence-corrected chi connectivity index (χ2v) is 4.22. The number of amides is 1. The Hall–Kier alpha value is -2.43. The maximum Gasteiger partial charge on any atom is 0.251 e. The molecule has 1 amide bonds. The molecular formula is C15H15FN2O2. The molecule has 2 rings (SSSR count). The molecule has 0 unspecified atom stereocenters. The zero-order valence-electron chi connectivity index (χ0n) is 11.1. The van der Waals surface area contributed by atoms with Crippen molar-refractivity contribution in [2.45, 2.75) is 6.42 Å². The summed E-state index contributed by atoms with van der Waals surface area (Å²) in [5.74, 6) is -0.169. The molecule has 0 aliphatic carbocycles. The predicted octanol–water partition coefficient (Wildman–Crippen LogP) is 2.20. The van der Waals surface area contributed by atoms with Gasteiger partial charge in [-0.2, -0.15) is 4.39 Å². The van der Waals surface area contributed by atoms with Crippen molar-refractivity contribution in [2.24, 2.45) is 0 Å². The van der Waals surface area contributed by atoms with Crippen molar-refractivity contribution in [3.63, 3.8) is 0 Å². The number of benzene rings is 1. The molecule has 0 aliphatic rings. The topological polar surface area (TPSA) is 51.2 Å². The molecule has 20 heavy (non-hydrogen) atoms. The highest BCUT2D eigenvalue weighted by molar-refractivity contribution is 5.93. The second kappa shape index (κ2) is 6.65. The Labute approximate surface area is 116 Å². The van der Waals surface area contributed by atoms with E-state index in [2.05, 4.69) is 10.3 Å². The Balaban J connectivity index is 1.84. The van der Waals surface area contributed by atoms with Crippen molar-refractivity contribution in [3.8, 4) is 5.75 Å². The zero-order valence-corrected chi connectivity index (χ0v) is 11.1. The van der Waals surface area contributed by atoms with E-state index in [-0.39, 0.29) is 11.5 Å². The number of methoxy groups -OCH3 is 1. The first-order chi connectivity index (χ1) is 9.69. The Bertz CT molecular complexity index is 585. The van der Waals surface area contributed by atoms with E-state index in [1.54, 1.807) is 7.11 Å². The molecule has 1 heterocycles. The normalized spacial score (nSPS) is 10.1. The smallest absolute Gasteiger partial charge is 0.251 e. The molecule has 5 heteroatoms. The maximum atomic E-state index is 12.9. The summed E-state index contributed by atoms with van der Waals surface area (Å²) in [7, 11) is 1.61. The van der Waals surface area contributed by atoms with Gasteiger partial charge in [0, 0.05) is 24.4 Å². The Kier molecular flexibility index (Phi) is 4.65. The lowest BCUT2D eigenvalue weighted by Gasteiger charge is -2.06. The lowest BCUT2D eigenvalue weighted by Crippen LogP contribution is -2.25. The van der Waals surface area contributed by atoms with Gasteiger partial charge in [-0.15, -0.1) is 0 Å². The summed E-state index contributed by atoms with van der Waals surface area (Å²) in [6.45, 7) is 0.481. The van der Waals surface area contributed by atoms with Crippen molar-refractivity contribution < 1.29 is 13.9 Å². The predicted molar refractivity (Wildman–Crippen MR) is 73.2 cm³/mol. The molecule has 104 valence electrons. The lowest BCUT2D eigenvalue weighted by atomic mass is 10.1. The van der Waals surface area contributed by atoms with E-state index in [4.69, 9.17) is 4.74 Å². The summed E-state index contributed by atoms with van der Waals surface area (Å²) < 4.78 is 18.0. The van der Waals surface area contributed by atoms with Gasteiger partial charge in [0.2, 0.25) is 5.95 Å². The third kappa shape index (κ3) is 3.78. The molecule has 0 atom stereocenters. The number of ether oxygens (including phenoxy) is 1. The lowest BCUT2D eigenvalue weighted by molar-refractivity contribution is 0.0953. The first-order valence-corrected chi connectivity index (χ1v) is 6.22. The van der Waals surface area contributed by atoms with Crippen LogP contribution in [0.3, 0.4) is 0 Å². The SMILES string of the molecule is COc1ccc(CCNC(=O)c2ccnc(F)c2)cc1. The molecular weight excluding hydrogens is 259 g/mol. The summed E-state index contributed by atoms with van der Waals surface area (Å²) in [4.78, 5) is 15.2. The molecule has 1 aromatic carbocycles. The number of nitrogens with one attached hydrogen (secondary N) is 1. The highest BCUT2D eigenvalue weighted by Crippen LogP contribution is 2.11. The van der Waals surface area contributed by atoms with Gasteiger partial charge in [-0.25, -0.2) is 4.98 Å². The van der Waals surface area contributed by atoms with Crippen LogP contribution >= 0.6 is 0 Å². The molecule has 0 aliphatic heterocycles. The van der Waals surface area contributed by atoms with Gasteiger partial charge in [-0.1, -0.05) is 12.1 Å². The average Bonchev–Trinajstić information content (AvgIpc) is 2.48. The first kappa shape index (κ1) is 14.0. The molecule has 0 bridgehead atoms. The number of carbonyl (C=O) groups is 1. The van der Waals surface area contributed by atoms with Crippen molar-refractivity contribution in [1.29, 1.82) is 0 Å². The van der Waals surface area contributed by atoms with Crippen LogP contribution in [0.25, 0.3) is 0 Å². The zero-order chi connectivity index (χ0) is 14.4. The molecule has 0 fully saturated rings. The number of rotatable bonds is 5. The summed E-state index contributed by atoms with van der Waals surface area (Å²) in [6, 6.07) is 10.2. The second-order valence-electron chi connectivity index (χ2n) is 4.22. The fourth-order valence-corrected chi connectivity index (χ4v) is 1.76. The summed E-state index contributed by atoms with van der Waals surface area (Å²) in [5, 5.41) is 2.74. The van der Waals surface area contributed by atoms with E-state index in [0.717, 1.165) is 17.4 Å². The van der Waals surface area contributed by atoms with Crippen LogP contribution in [0.15, 0.2) is 42.6 Å². The van der Waals surface area contributed by atoms with Crippen LogP contribution in [-0.4, -0.2) is 24.5 Å². The number of halogens is 1. The minimum absolute atomic E-state index is 0.271. The molecule has 1 N–H and O–H groups in total. The van der Waals surface area contributed by atoms with E-state index in [1.165, 1.54) is 12.3 Å². The van der Waals surface area contributed by atoms with Gasteiger partial charge in [0.1, 0.15) is 5.75 Å². The first-order valence-electron chi connectivity index (χ1n) is 6.22. The number of hydrogen-bond donors (Lipinski definition) is 1. The molecule has 4 nitrogen and oxygen atoms in total. The van der Waals surface area contributed by atoms with Crippen molar-refractivity contribution in [3.05, 3.63) is 59.7 Å². The van der Waals surface area contributed by atoms with Crippen LogP contribution in [0.1, 0.15) is 15.9 Å². The quantitative estimate of drug-likeness (QED) is 0.850. The van der Waals surface area contributed by atoms with Gasteiger partial charge < -0.3 is 10.1 Å². The maximum absolute atomic E-state index is 12.9. The van der Waals surface area contributed by atoms with E-state index in [1.807, 2.05) is 24.3 Å². The number of aromatic nitrogens is 1. The van der Waals surface area contributed by atoms with E-state index >= 15 is 0 Å². The number of nitrogens with zero attached hydrogens (tertiary/aromatic N) is 1. The van der Waals surface area contributed by atoms with E-state index < -0.39 is 5.95 Å². The number of hydrogen-bond acceptors (Lipinski definition) is 3. The van der Waals surface area contributed by atoms with Crippen LogP contribution in [0.5, 0.6) is 5.75 Å². The van der Waals surface area contributed by atoms with Crippen molar-refractivity contribution in [2.75, 3.05) is 13.7 Å². The Morgan fingerprint density at radius 3 is 2.70 bits per heavy atom. The van der Waals surface area contributed by atoms with Gasteiger partial charge in [-0.3, -0.25) is 4.79 Å². The van der Waals surface area contributed by atoms with Crippen molar-refractivity contribution in [1.82, 2.24) is 10.3 Å². The minimum Gasteiger partial charge on any atom is -0.497 e. The largest absolute Gasteiger partial charge is 0.497 e. The van der Waals surface area contributed by atoms with Crippen LogP contribution in [-0.2, 0) is 6.42 Å². The number of carbonyl (C=O) groups excluding carboxylic acids is 1. The van der Waals surface area contributed by atoms with Crippen LogP contribution in [0.4, 0.5) is 4.39 Å². The highest BCUT2D eigenvalue weighted by Gasteiger charge is 2.06. The van der Waals surface area contributed by atoms with Gasteiger partial charge in [0.15, 0.2) is 0 Å². The van der Waals surface area contributed by atoms with Crippen LogP contribution in [0.2, 0.25) is 0 Å². The van der Waals surface area contributed by atoms with Crippen molar-refractivity contribution >= 4 is 5.91 Å². The molecule has 0 saturated heterocycles. The molecule has 0 radical (unpaired) electrons. The van der Waals surface area contributed by atoms with Gasteiger partial charge >= 0.3 is 0 Å². The van der Waals surface area contributed by atoms with E-state index in [9.17, 15) is 9.18 Å². The number of pyridine rings is 1. The average molecular weight is 274 g/mol. The van der Waals surface area contributed by atoms with E-state index in [0.29, 0.717) is 13.0 Å². The van der Waals surface area contributed by atoms with Crippen LogP contribution < -0.4 is 10.1 Å². The summed E-state index contributed by atoms with van der Waals surface area (Å²) in [5.41, 5.74) is 1.36. The van der Waals surface area contributed by atoms with Gasteiger partial charge in [0.05, 0.1) is 7.11 Å². The van der Waals surface area contributed by atoms with Gasteiger partial charge in [0.25, 0.3) is 5.91 Å². The third-order valence-corrected chi connectivity index (χ3v) is 2.85. The van der Waals surface area contributed by atoms with Crippen LogP contribution in [0, 0.1) is 5.95 Å². The summed E-state index contributed by atoms with van der Waals surface area (Å²) >= 11 is 0. The molecule has 1 aromatic heterocycles. The highest BCUT2D eigenvalue weighted by atomic mass is 19.1. The fourth-order valence-electron chi connectivity index (χ4n) is 1.76. The Morgan fingerprint density at radius 2 is 2.05 bits per heavy atom. The standard InChI is InChI=1S/C15H15FN2O2/c1-20-13-4-2-11(3-5-13)6-8-18-15(19)12-7-9-17-14(16)10-12/h2-5,7,9-10H,6,8H2,1H3,(H,18,19). The molecule has 0 spiro atoms. The molecule has 2 aromatic rings. The minimum atomic E-state index is -0.659. The molecule has 0 saturated carbocycles. The summed E-state index contributed by atoms with van der Waals surface area (Å²) in [6.07, 6.45) is 1.97. The van der Waals surface area contributed by atoms with Gasteiger partial charge in [-0.05, 0) is 30.2 Å². The Morgan fingerprint density at radius 1 is 1.30 bits per heavy atom. The third-order valence-electron chi connectivity index (χ3n) is 2.85. The fraction of sp³-hybridized carbons (Fsp3) is 0.200.